The van der Waals surface area contributed by atoms with Crippen molar-refractivity contribution in [2.45, 2.75) is 50.2 Å². The SMILES string of the molecule is COC(=O)[C@@H](N)C12CC3CC(CC(O)(C3)C1)C2. The lowest BCUT2D eigenvalue weighted by Gasteiger charge is -2.61. The number of esters is 1. The van der Waals surface area contributed by atoms with Crippen LogP contribution in [0.2, 0.25) is 0 Å². The van der Waals surface area contributed by atoms with E-state index in [4.69, 9.17) is 10.5 Å². The van der Waals surface area contributed by atoms with Crippen molar-refractivity contribution in [3.63, 3.8) is 0 Å². The minimum absolute atomic E-state index is 0.202. The van der Waals surface area contributed by atoms with Gasteiger partial charge in [0.1, 0.15) is 6.04 Å². The average Bonchev–Trinajstić information content (AvgIpc) is 2.23. The van der Waals surface area contributed by atoms with Gasteiger partial charge in [0, 0.05) is 0 Å². The summed E-state index contributed by atoms with van der Waals surface area (Å²) < 4.78 is 4.79. The number of rotatable bonds is 2. The van der Waals surface area contributed by atoms with E-state index in [9.17, 15) is 9.90 Å². The van der Waals surface area contributed by atoms with Crippen molar-refractivity contribution in [3.8, 4) is 0 Å². The second-order valence-electron chi connectivity index (χ2n) is 6.55. The number of carbonyl (C=O) groups excluding carboxylic acids is 1. The minimum Gasteiger partial charge on any atom is -0.468 e. The first-order valence-electron chi connectivity index (χ1n) is 6.52. The number of aliphatic hydroxyl groups is 1. The fraction of sp³-hybridized carbons (Fsp3) is 0.923. The van der Waals surface area contributed by atoms with Crippen LogP contribution in [0.3, 0.4) is 0 Å². The molecule has 0 heterocycles. The van der Waals surface area contributed by atoms with Crippen molar-refractivity contribution in [1.29, 1.82) is 0 Å². The second-order valence-corrected chi connectivity index (χ2v) is 6.55. The smallest absolute Gasteiger partial charge is 0.323 e. The molecule has 0 radical (unpaired) electrons. The maximum absolute atomic E-state index is 11.7. The van der Waals surface area contributed by atoms with Crippen LogP contribution in [0.1, 0.15) is 38.5 Å². The van der Waals surface area contributed by atoms with Crippen LogP contribution < -0.4 is 5.73 Å². The zero-order valence-electron chi connectivity index (χ0n) is 10.3. The number of ether oxygens (including phenoxy) is 1. The molecule has 4 heteroatoms. The first-order chi connectivity index (χ1) is 7.96. The topological polar surface area (TPSA) is 72.5 Å². The molecule has 4 bridgehead atoms. The van der Waals surface area contributed by atoms with E-state index in [0.717, 1.165) is 25.7 Å². The molecule has 4 aliphatic carbocycles. The number of nitrogens with two attached hydrogens (primary N) is 1. The molecule has 0 aliphatic heterocycles. The van der Waals surface area contributed by atoms with Gasteiger partial charge in [-0.3, -0.25) is 4.79 Å². The van der Waals surface area contributed by atoms with Crippen LogP contribution in [0.4, 0.5) is 0 Å². The molecule has 96 valence electrons. The zero-order valence-corrected chi connectivity index (χ0v) is 10.3. The highest BCUT2D eigenvalue weighted by atomic mass is 16.5. The lowest BCUT2D eigenvalue weighted by atomic mass is 9.46. The fourth-order valence-corrected chi connectivity index (χ4v) is 5.03. The highest BCUT2D eigenvalue weighted by Gasteiger charge is 2.60. The Bertz CT molecular complexity index is 341. The van der Waals surface area contributed by atoms with E-state index >= 15 is 0 Å². The first kappa shape index (κ1) is 11.5. The van der Waals surface area contributed by atoms with Crippen molar-refractivity contribution in [2.75, 3.05) is 7.11 Å². The van der Waals surface area contributed by atoms with Gasteiger partial charge < -0.3 is 15.6 Å². The van der Waals surface area contributed by atoms with Crippen LogP contribution in [-0.4, -0.2) is 29.8 Å². The summed E-state index contributed by atoms with van der Waals surface area (Å²) in [4.78, 5) is 11.7. The maximum atomic E-state index is 11.7. The van der Waals surface area contributed by atoms with E-state index in [-0.39, 0.29) is 11.4 Å². The van der Waals surface area contributed by atoms with Gasteiger partial charge in [-0.15, -0.1) is 0 Å². The highest BCUT2D eigenvalue weighted by molar-refractivity contribution is 5.76. The number of hydrogen-bond acceptors (Lipinski definition) is 4. The molecule has 0 spiro atoms. The Morgan fingerprint density at radius 1 is 1.35 bits per heavy atom. The molecule has 17 heavy (non-hydrogen) atoms. The quantitative estimate of drug-likeness (QED) is 0.700. The van der Waals surface area contributed by atoms with Crippen LogP contribution in [0.25, 0.3) is 0 Å². The maximum Gasteiger partial charge on any atom is 0.323 e. The molecule has 0 saturated heterocycles. The summed E-state index contributed by atoms with van der Waals surface area (Å²) in [5.41, 5.74) is 5.34. The van der Waals surface area contributed by atoms with E-state index < -0.39 is 11.6 Å². The van der Waals surface area contributed by atoms with Gasteiger partial charge in [0.25, 0.3) is 0 Å². The molecule has 0 aromatic carbocycles. The van der Waals surface area contributed by atoms with Gasteiger partial charge in [0.05, 0.1) is 12.7 Å². The van der Waals surface area contributed by atoms with Crippen molar-refractivity contribution >= 4 is 5.97 Å². The fourth-order valence-electron chi connectivity index (χ4n) is 5.03. The summed E-state index contributed by atoms with van der Waals surface area (Å²) >= 11 is 0. The van der Waals surface area contributed by atoms with Gasteiger partial charge in [-0.2, -0.15) is 0 Å². The summed E-state index contributed by atoms with van der Waals surface area (Å²) in [6, 6.07) is -0.565. The van der Waals surface area contributed by atoms with Gasteiger partial charge in [0.15, 0.2) is 0 Å². The Morgan fingerprint density at radius 2 is 1.94 bits per heavy atom. The third kappa shape index (κ3) is 1.61. The van der Waals surface area contributed by atoms with E-state index in [2.05, 4.69) is 0 Å². The van der Waals surface area contributed by atoms with E-state index in [1.165, 1.54) is 13.5 Å². The Hall–Kier alpha value is -0.610. The molecule has 2 unspecified atom stereocenters. The highest BCUT2D eigenvalue weighted by Crippen LogP contribution is 2.62. The summed E-state index contributed by atoms with van der Waals surface area (Å²) in [6.07, 6.45) is 5.67. The third-order valence-electron chi connectivity index (χ3n) is 5.19. The molecule has 4 saturated carbocycles. The molecule has 4 fully saturated rings. The molecule has 4 rings (SSSR count). The lowest BCUT2D eigenvalue weighted by Crippen LogP contribution is -2.62. The molecule has 3 atom stereocenters. The standard InChI is InChI=1S/C13H21NO3/c1-17-11(15)10(14)12-3-8-2-9(4-12)6-13(16,5-8)7-12/h8-10,16H,2-7,14H2,1H3/t8?,9?,10-,12?,13?/m1/s1. The molecule has 0 amide bonds. The molecular formula is C13H21NO3. The summed E-state index contributed by atoms with van der Waals surface area (Å²) in [6.45, 7) is 0. The monoisotopic (exact) mass is 239 g/mol. The normalized spacial score (nSPS) is 49.1. The summed E-state index contributed by atoms with van der Waals surface area (Å²) in [5, 5.41) is 10.6. The second kappa shape index (κ2) is 3.45. The zero-order chi connectivity index (χ0) is 12.3. The van der Waals surface area contributed by atoms with Gasteiger partial charge >= 0.3 is 5.97 Å². The minimum atomic E-state index is -0.565. The van der Waals surface area contributed by atoms with Crippen LogP contribution in [0.15, 0.2) is 0 Å². The molecule has 4 nitrogen and oxygen atoms in total. The molecule has 0 aromatic heterocycles. The van der Waals surface area contributed by atoms with Gasteiger partial charge in [-0.25, -0.2) is 0 Å². The molecular weight excluding hydrogens is 218 g/mol. The Kier molecular flexibility index (Phi) is 2.33. The van der Waals surface area contributed by atoms with Crippen molar-refractivity contribution in [2.24, 2.45) is 23.0 Å². The summed E-state index contributed by atoms with van der Waals surface area (Å²) in [7, 11) is 1.39. The summed E-state index contributed by atoms with van der Waals surface area (Å²) in [5.74, 6) is 0.782. The molecule has 3 N–H and O–H groups in total. The van der Waals surface area contributed by atoms with Crippen LogP contribution in [-0.2, 0) is 9.53 Å². The Labute approximate surface area is 102 Å². The predicted molar refractivity (Wildman–Crippen MR) is 62.1 cm³/mol. The Morgan fingerprint density at radius 3 is 2.41 bits per heavy atom. The number of carbonyl (C=O) groups is 1. The van der Waals surface area contributed by atoms with Crippen molar-refractivity contribution in [1.82, 2.24) is 0 Å². The molecule has 4 aliphatic rings. The number of hydrogen-bond donors (Lipinski definition) is 2. The van der Waals surface area contributed by atoms with Crippen LogP contribution in [0.5, 0.6) is 0 Å². The van der Waals surface area contributed by atoms with Crippen LogP contribution in [0, 0.1) is 17.3 Å². The largest absolute Gasteiger partial charge is 0.468 e. The van der Waals surface area contributed by atoms with Gasteiger partial charge in [0.2, 0.25) is 0 Å². The predicted octanol–water partition coefficient (Wildman–Crippen LogP) is 0.818. The number of methoxy groups -OCH3 is 1. The average molecular weight is 239 g/mol. The lowest BCUT2D eigenvalue weighted by molar-refractivity contribution is -0.180. The van der Waals surface area contributed by atoms with Crippen LogP contribution >= 0.6 is 0 Å². The third-order valence-corrected chi connectivity index (χ3v) is 5.19. The first-order valence-corrected chi connectivity index (χ1v) is 6.52. The van der Waals surface area contributed by atoms with Gasteiger partial charge in [-0.1, -0.05) is 0 Å². The Balaban J connectivity index is 1.90. The molecule has 0 aromatic rings. The van der Waals surface area contributed by atoms with E-state index in [1.54, 1.807) is 0 Å². The van der Waals surface area contributed by atoms with Crippen molar-refractivity contribution in [3.05, 3.63) is 0 Å². The van der Waals surface area contributed by atoms with Gasteiger partial charge in [-0.05, 0) is 55.8 Å². The van der Waals surface area contributed by atoms with E-state index in [0.29, 0.717) is 18.3 Å². The van der Waals surface area contributed by atoms with Crippen molar-refractivity contribution < 1.29 is 14.6 Å². The van der Waals surface area contributed by atoms with E-state index in [1.807, 2.05) is 0 Å².